The Morgan fingerprint density at radius 3 is 2.44 bits per heavy atom. The zero-order valence-electron chi connectivity index (χ0n) is 21.8. The van der Waals surface area contributed by atoms with Gasteiger partial charge in [0.25, 0.3) is 5.78 Å². The van der Waals surface area contributed by atoms with Gasteiger partial charge in [-0.1, -0.05) is 43.2 Å². The van der Waals surface area contributed by atoms with Gasteiger partial charge in [0.2, 0.25) is 0 Å². The molecule has 2 aromatic heterocycles. The number of aliphatic hydroxyl groups is 1. The van der Waals surface area contributed by atoms with Crippen LogP contribution >= 0.6 is 11.3 Å². The van der Waals surface area contributed by atoms with Gasteiger partial charge in [0.05, 0.1) is 35.0 Å². The standard InChI is InChI=1S/C30H29N3O5S/c1-3-5-6-17-38-21-9-7-19(8-10-21)26-25(27(34)20-13-15-31-16-14-20)28(35)29(36)33(26)30-32-23-12-11-22(37-4-2)18-24(23)39-30/h7-16,18,26,34H,3-6,17H2,1-2H3/b27-25+. The first-order valence-corrected chi connectivity index (χ1v) is 13.8. The lowest BCUT2D eigenvalue weighted by atomic mass is 9.95. The molecule has 3 heterocycles. The van der Waals surface area contributed by atoms with E-state index in [2.05, 4.69) is 16.9 Å². The summed E-state index contributed by atoms with van der Waals surface area (Å²) in [7, 11) is 0. The van der Waals surface area contributed by atoms with Crippen molar-refractivity contribution in [3.8, 4) is 11.5 Å². The number of hydrogen-bond acceptors (Lipinski definition) is 8. The van der Waals surface area contributed by atoms with Gasteiger partial charge in [-0.15, -0.1) is 0 Å². The highest BCUT2D eigenvalue weighted by Crippen LogP contribution is 2.44. The number of unbranched alkanes of at least 4 members (excludes halogenated alkanes) is 2. The van der Waals surface area contributed by atoms with Crippen molar-refractivity contribution in [2.45, 2.75) is 39.2 Å². The molecule has 0 spiro atoms. The number of benzene rings is 2. The summed E-state index contributed by atoms with van der Waals surface area (Å²) in [5.41, 5.74) is 1.73. The van der Waals surface area contributed by atoms with E-state index in [0.717, 1.165) is 24.0 Å². The Morgan fingerprint density at radius 2 is 1.72 bits per heavy atom. The van der Waals surface area contributed by atoms with Gasteiger partial charge in [-0.25, -0.2) is 4.98 Å². The molecule has 2 aromatic carbocycles. The summed E-state index contributed by atoms with van der Waals surface area (Å²) in [5.74, 6) is -0.388. The van der Waals surface area contributed by atoms with Crippen molar-refractivity contribution in [2.75, 3.05) is 18.1 Å². The number of rotatable bonds is 10. The average molecular weight is 544 g/mol. The van der Waals surface area contributed by atoms with Crippen LogP contribution in [0.25, 0.3) is 16.0 Å². The van der Waals surface area contributed by atoms with Crippen molar-refractivity contribution >= 4 is 44.1 Å². The van der Waals surface area contributed by atoms with Crippen molar-refractivity contribution in [1.29, 1.82) is 0 Å². The highest BCUT2D eigenvalue weighted by Gasteiger charge is 2.48. The number of fused-ring (bicyclic) bond motifs is 1. The number of ether oxygens (including phenoxy) is 2. The fourth-order valence-electron chi connectivity index (χ4n) is 4.55. The number of aliphatic hydroxyl groups excluding tert-OH is 1. The molecule has 1 fully saturated rings. The van der Waals surface area contributed by atoms with E-state index in [1.807, 2.05) is 49.4 Å². The molecule has 0 saturated carbocycles. The Hall–Kier alpha value is -4.24. The average Bonchev–Trinajstić information content (AvgIpc) is 3.49. The van der Waals surface area contributed by atoms with Gasteiger partial charge in [0, 0.05) is 18.0 Å². The number of anilines is 1. The number of ketones is 1. The Kier molecular flexibility index (Phi) is 7.88. The number of aromatic nitrogens is 2. The Balaban J connectivity index is 1.58. The molecule has 200 valence electrons. The molecule has 1 N–H and O–H groups in total. The molecule has 39 heavy (non-hydrogen) atoms. The monoisotopic (exact) mass is 543 g/mol. The van der Waals surface area contributed by atoms with E-state index in [1.54, 1.807) is 12.1 Å². The summed E-state index contributed by atoms with van der Waals surface area (Å²) in [6.07, 6.45) is 6.21. The number of Topliss-reactive ketones (excluding diaryl/α,β-unsaturated/α-hetero) is 1. The predicted octanol–water partition coefficient (Wildman–Crippen LogP) is 6.29. The summed E-state index contributed by atoms with van der Waals surface area (Å²) in [4.78, 5) is 36.9. The lowest BCUT2D eigenvalue weighted by Crippen LogP contribution is -2.29. The number of hydrogen-bond donors (Lipinski definition) is 1. The first-order valence-electron chi connectivity index (χ1n) is 13.0. The highest BCUT2D eigenvalue weighted by atomic mass is 32.1. The largest absolute Gasteiger partial charge is 0.507 e. The summed E-state index contributed by atoms with van der Waals surface area (Å²) >= 11 is 1.29. The van der Waals surface area contributed by atoms with E-state index in [9.17, 15) is 14.7 Å². The summed E-state index contributed by atoms with van der Waals surface area (Å²) in [6, 6.07) is 15.1. The quantitative estimate of drug-likeness (QED) is 0.109. The molecule has 0 aliphatic carbocycles. The summed E-state index contributed by atoms with van der Waals surface area (Å²) < 4.78 is 12.3. The van der Waals surface area contributed by atoms with Crippen LogP contribution in [0.3, 0.4) is 0 Å². The Labute approximate surface area is 230 Å². The van der Waals surface area contributed by atoms with E-state index in [-0.39, 0.29) is 11.3 Å². The van der Waals surface area contributed by atoms with Crippen molar-refractivity contribution in [3.63, 3.8) is 0 Å². The third-order valence-electron chi connectivity index (χ3n) is 6.48. The number of carbonyl (C=O) groups excluding carboxylic acids is 2. The maximum atomic E-state index is 13.5. The van der Waals surface area contributed by atoms with Crippen LogP contribution in [0.5, 0.6) is 11.5 Å². The highest BCUT2D eigenvalue weighted by molar-refractivity contribution is 7.22. The fraction of sp³-hybridized carbons (Fsp3) is 0.267. The van der Waals surface area contributed by atoms with Crippen molar-refractivity contribution < 1.29 is 24.2 Å². The molecule has 0 bridgehead atoms. The van der Waals surface area contributed by atoms with E-state index < -0.39 is 17.7 Å². The molecule has 1 aliphatic heterocycles. The first-order chi connectivity index (χ1) is 19.0. The molecular formula is C30H29N3O5S. The number of nitrogens with zero attached hydrogens (tertiary/aromatic N) is 3. The van der Waals surface area contributed by atoms with E-state index in [4.69, 9.17) is 9.47 Å². The predicted molar refractivity (Wildman–Crippen MR) is 151 cm³/mol. The second kappa shape index (κ2) is 11.7. The van der Waals surface area contributed by atoms with Crippen LogP contribution in [-0.2, 0) is 9.59 Å². The molecular weight excluding hydrogens is 514 g/mol. The fourth-order valence-corrected chi connectivity index (χ4v) is 5.57. The molecule has 1 aliphatic rings. The van der Waals surface area contributed by atoms with Crippen LogP contribution in [0.4, 0.5) is 5.13 Å². The number of carbonyl (C=O) groups is 2. The molecule has 5 rings (SSSR count). The van der Waals surface area contributed by atoms with Crippen LogP contribution < -0.4 is 14.4 Å². The summed E-state index contributed by atoms with van der Waals surface area (Å²) in [5, 5.41) is 11.6. The van der Waals surface area contributed by atoms with E-state index >= 15 is 0 Å². The maximum absolute atomic E-state index is 13.5. The van der Waals surface area contributed by atoms with Gasteiger partial charge < -0.3 is 14.6 Å². The van der Waals surface area contributed by atoms with Gasteiger partial charge in [-0.05, 0) is 61.4 Å². The van der Waals surface area contributed by atoms with Crippen LogP contribution in [0.15, 0.2) is 72.6 Å². The van der Waals surface area contributed by atoms with Gasteiger partial charge in [-0.2, -0.15) is 0 Å². The topological polar surface area (TPSA) is 102 Å². The minimum absolute atomic E-state index is 0.00271. The normalized spacial score (nSPS) is 16.7. The van der Waals surface area contributed by atoms with Gasteiger partial charge in [0.15, 0.2) is 5.13 Å². The molecule has 1 amide bonds. The maximum Gasteiger partial charge on any atom is 0.301 e. The SMILES string of the molecule is CCCCCOc1ccc(C2/C(=C(\O)c3ccncc3)C(=O)C(=O)N2c2nc3ccc(OCC)cc3s2)cc1. The van der Waals surface area contributed by atoms with Crippen LogP contribution in [0, 0.1) is 0 Å². The second-order valence-electron chi connectivity index (χ2n) is 9.09. The van der Waals surface area contributed by atoms with Gasteiger partial charge in [0.1, 0.15) is 17.3 Å². The third kappa shape index (κ3) is 5.35. The zero-order chi connectivity index (χ0) is 27.4. The molecule has 1 unspecified atom stereocenters. The third-order valence-corrected chi connectivity index (χ3v) is 7.49. The number of pyridine rings is 1. The second-order valence-corrected chi connectivity index (χ2v) is 10.1. The minimum atomic E-state index is -0.876. The lowest BCUT2D eigenvalue weighted by Gasteiger charge is -2.23. The zero-order valence-corrected chi connectivity index (χ0v) is 22.6. The minimum Gasteiger partial charge on any atom is -0.507 e. The van der Waals surface area contributed by atoms with Crippen molar-refractivity contribution in [2.24, 2.45) is 0 Å². The summed E-state index contributed by atoms with van der Waals surface area (Å²) in [6.45, 7) is 5.19. The lowest BCUT2D eigenvalue weighted by molar-refractivity contribution is -0.132. The molecule has 1 saturated heterocycles. The molecule has 0 radical (unpaired) electrons. The molecule has 9 heteroatoms. The van der Waals surface area contributed by atoms with Gasteiger partial charge >= 0.3 is 5.91 Å². The molecule has 1 atom stereocenters. The van der Waals surface area contributed by atoms with Crippen LogP contribution in [0.2, 0.25) is 0 Å². The first kappa shape index (κ1) is 26.4. The van der Waals surface area contributed by atoms with Crippen LogP contribution in [0.1, 0.15) is 50.3 Å². The molecule has 4 aromatic rings. The Bertz CT molecular complexity index is 1510. The Morgan fingerprint density at radius 1 is 0.974 bits per heavy atom. The number of amides is 1. The van der Waals surface area contributed by atoms with Crippen LogP contribution in [-0.4, -0.2) is 40.0 Å². The van der Waals surface area contributed by atoms with Crippen molar-refractivity contribution in [1.82, 2.24) is 9.97 Å². The molecule has 8 nitrogen and oxygen atoms in total. The van der Waals surface area contributed by atoms with Crippen molar-refractivity contribution in [3.05, 3.63) is 83.7 Å². The van der Waals surface area contributed by atoms with Gasteiger partial charge in [-0.3, -0.25) is 19.5 Å². The smallest absolute Gasteiger partial charge is 0.301 e. The van der Waals surface area contributed by atoms with E-state index in [1.165, 1.54) is 28.6 Å². The van der Waals surface area contributed by atoms with E-state index in [0.29, 0.717) is 46.5 Å². The number of thiazole rings is 1.